The summed E-state index contributed by atoms with van der Waals surface area (Å²) < 4.78 is 0. The van der Waals surface area contributed by atoms with Crippen molar-refractivity contribution >= 4 is 6.03 Å². The molecule has 0 bridgehead atoms. The highest BCUT2D eigenvalue weighted by molar-refractivity contribution is 5.76. The van der Waals surface area contributed by atoms with Gasteiger partial charge in [-0.2, -0.15) is 0 Å². The quantitative estimate of drug-likeness (QED) is 0.781. The van der Waals surface area contributed by atoms with Crippen molar-refractivity contribution in [2.45, 2.75) is 62.4 Å². The van der Waals surface area contributed by atoms with Gasteiger partial charge in [0.2, 0.25) is 0 Å². The van der Waals surface area contributed by atoms with E-state index in [0.717, 1.165) is 25.7 Å². The molecule has 0 atom stereocenters. The number of urea groups is 1. The van der Waals surface area contributed by atoms with E-state index in [4.69, 9.17) is 0 Å². The van der Waals surface area contributed by atoms with Crippen LogP contribution in [0.2, 0.25) is 0 Å². The highest BCUT2D eigenvalue weighted by Gasteiger charge is 2.41. The molecule has 0 saturated heterocycles. The minimum atomic E-state index is -0.220. The van der Waals surface area contributed by atoms with Crippen molar-refractivity contribution in [3.63, 3.8) is 0 Å². The Kier molecular flexibility index (Phi) is 4.71. The Labute approximate surface area is 156 Å². The molecule has 3 nitrogen and oxygen atoms in total. The van der Waals surface area contributed by atoms with Crippen molar-refractivity contribution < 1.29 is 4.79 Å². The first-order valence-electron chi connectivity index (χ1n) is 9.94. The summed E-state index contributed by atoms with van der Waals surface area (Å²) in [5.74, 6) is 0. The average molecular weight is 348 g/mol. The molecule has 3 heteroatoms. The number of rotatable bonds is 4. The lowest BCUT2D eigenvalue weighted by atomic mass is 9.87. The van der Waals surface area contributed by atoms with Crippen LogP contribution < -0.4 is 10.6 Å². The second kappa shape index (κ2) is 7.14. The number of amides is 2. The molecule has 2 fully saturated rings. The van der Waals surface area contributed by atoms with E-state index < -0.39 is 0 Å². The molecular formula is C23H28N2O. The molecule has 2 saturated carbocycles. The van der Waals surface area contributed by atoms with Crippen molar-refractivity contribution in [1.29, 1.82) is 0 Å². The van der Waals surface area contributed by atoms with Gasteiger partial charge >= 0.3 is 6.03 Å². The van der Waals surface area contributed by atoms with E-state index in [-0.39, 0.29) is 17.1 Å². The fourth-order valence-electron chi connectivity index (χ4n) is 4.91. The number of benzene rings is 2. The lowest BCUT2D eigenvalue weighted by Crippen LogP contribution is -2.54. The molecule has 2 aromatic rings. The van der Waals surface area contributed by atoms with E-state index in [9.17, 15) is 4.79 Å². The zero-order valence-corrected chi connectivity index (χ0v) is 15.3. The third-order valence-corrected chi connectivity index (χ3v) is 6.27. The van der Waals surface area contributed by atoms with E-state index in [2.05, 4.69) is 59.2 Å². The SMILES string of the molecule is O=C(NC1(c2ccccc2)CCCC1)NC1(c2ccccc2)CCCC1. The molecule has 2 N–H and O–H groups in total. The van der Waals surface area contributed by atoms with Crippen LogP contribution in [-0.4, -0.2) is 6.03 Å². The maximum absolute atomic E-state index is 13.1. The largest absolute Gasteiger partial charge is 0.329 e. The van der Waals surface area contributed by atoms with Crippen molar-refractivity contribution in [1.82, 2.24) is 10.6 Å². The van der Waals surface area contributed by atoms with Crippen molar-refractivity contribution in [2.75, 3.05) is 0 Å². The minimum Gasteiger partial charge on any atom is -0.329 e. The van der Waals surface area contributed by atoms with Crippen molar-refractivity contribution in [2.24, 2.45) is 0 Å². The summed E-state index contributed by atoms with van der Waals surface area (Å²) in [5, 5.41) is 6.76. The van der Waals surface area contributed by atoms with Gasteiger partial charge in [-0.1, -0.05) is 86.3 Å². The molecule has 4 rings (SSSR count). The normalized spacial score (nSPS) is 20.6. The van der Waals surface area contributed by atoms with Gasteiger partial charge in [-0.25, -0.2) is 4.79 Å². The van der Waals surface area contributed by atoms with Crippen LogP contribution in [0.5, 0.6) is 0 Å². The summed E-state index contributed by atoms with van der Waals surface area (Å²) in [6, 6.07) is 20.9. The smallest absolute Gasteiger partial charge is 0.316 e. The van der Waals surface area contributed by atoms with Gasteiger partial charge in [-0.15, -0.1) is 0 Å². The standard InChI is InChI=1S/C23H28N2O/c26-21(24-22(15-7-8-16-22)19-11-3-1-4-12-19)25-23(17-9-10-18-23)20-13-5-2-6-14-20/h1-6,11-14H,7-10,15-18H2,(H2,24,25,26). The molecule has 0 radical (unpaired) electrons. The molecule has 2 aliphatic carbocycles. The summed E-state index contributed by atoms with van der Waals surface area (Å²) in [5.41, 5.74) is 2.02. The summed E-state index contributed by atoms with van der Waals surface area (Å²) in [6.07, 6.45) is 8.73. The molecule has 0 aromatic heterocycles. The van der Waals surface area contributed by atoms with E-state index in [0.29, 0.717) is 0 Å². The van der Waals surface area contributed by atoms with Crippen LogP contribution in [0, 0.1) is 0 Å². The van der Waals surface area contributed by atoms with E-state index in [1.807, 2.05) is 12.1 Å². The Morgan fingerprint density at radius 3 is 1.31 bits per heavy atom. The Morgan fingerprint density at radius 1 is 0.615 bits per heavy atom. The molecule has 2 amide bonds. The van der Waals surface area contributed by atoms with E-state index >= 15 is 0 Å². The predicted molar refractivity (Wildman–Crippen MR) is 105 cm³/mol. The van der Waals surface area contributed by atoms with Crippen LogP contribution in [0.15, 0.2) is 60.7 Å². The second-order valence-electron chi connectivity index (χ2n) is 7.89. The molecule has 2 aliphatic rings. The predicted octanol–water partition coefficient (Wildman–Crippen LogP) is 5.22. The zero-order valence-electron chi connectivity index (χ0n) is 15.3. The van der Waals surface area contributed by atoms with Crippen molar-refractivity contribution in [3.8, 4) is 0 Å². The van der Waals surface area contributed by atoms with E-state index in [1.54, 1.807) is 0 Å². The molecule has 0 heterocycles. The number of hydrogen-bond donors (Lipinski definition) is 2. The van der Waals surface area contributed by atoms with Crippen LogP contribution in [0.3, 0.4) is 0 Å². The maximum atomic E-state index is 13.1. The topological polar surface area (TPSA) is 41.1 Å². The highest BCUT2D eigenvalue weighted by atomic mass is 16.2. The molecular weight excluding hydrogens is 320 g/mol. The lowest BCUT2D eigenvalue weighted by molar-refractivity contribution is 0.209. The first-order chi connectivity index (χ1) is 12.7. The minimum absolute atomic E-state index is 0.0264. The van der Waals surface area contributed by atoms with E-state index in [1.165, 1.54) is 36.8 Å². The Hall–Kier alpha value is -2.29. The van der Waals surface area contributed by atoms with Gasteiger partial charge in [0, 0.05) is 0 Å². The first kappa shape index (κ1) is 17.1. The summed E-state index contributed by atoms with van der Waals surface area (Å²) in [4.78, 5) is 13.1. The Morgan fingerprint density at radius 2 is 0.962 bits per heavy atom. The highest BCUT2D eigenvalue weighted by Crippen LogP contribution is 2.41. The van der Waals surface area contributed by atoms with Gasteiger partial charge in [-0.3, -0.25) is 0 Å². The van der Waals surface area contributed by atoms with Gasteiger partial charge in [0.15, 0.2) is 0 Å². The molecule has 136 valence electrons. The summed E-state index contributed by atoms with van der Waals surface area (Å²) in [7, 11) is 0. The van der Waals surface area contributed by atoms with Crippen LogP contribution >= 0.6 is 0 Å². The second-order valence-corrected chi connectivity index (χ2v) is 7.89. The fraction of sp³-hybridized carbons (Fsp3) is 0.435. The van der Waals surface area contributed by atoms with Crippen LogP contribution in [-0.2, 0) is 11.1 Å². The number of carbonyl (C=O) groups is 1. The van der Waals surface area contributed by atoms with Gasteiger partial charge in [0.25, 0.3) is 0 Å². The monoisotopic (exact) mass is 348 g/mol. The zero-order chi connectivity index (χ0) is 17.9. The maximum Gasteiger partial charge on any atom is 0.316 e. The third-order valence-electron chi connectivity index (χ3n) is 6.27. The number of nitrogens with one attached hydrogen (secondary N) is 2. The molecule has 2 aromatic carbocycles. The molecule has 0 spiro atoms. The number of hydrogen-bond acceptors (Lipinski definition) is 1. The Bertz CT molecular complexity index is 666. The first-order valence-corrected chi connectivity index (χ1v) is 9.94. The van der Waals surface area contributed by atoms with Crippen LogP contribution in [0.4, 0.5) is 4.79 Å². The lowest BCUT2D eigenvalue weighted by Gasteiger charge is -2.36. The van der Waals surface area contributed by atoms with Gasteiger partial charge in [-0.05, 0) is 36.8 Å². The van der Waals surface area contributed by atoms with Crippen molar-refractivity contribution in [3.05, 3.63) is 71.8 Å². The molecule has 0 unspecified atom stereocenters. The van der Waals surface area contributed by atoms with Crippen LogP contribution in [0.1, 0.15) is 62.5 Å². The Balaban J connectivity index is 1.55. The number of carbonyl (C=O) groups excluding carboxylic acids is 1. The fourth-order valence-corrected chi connectivity index (χ4v) is 4.91. The van der Waals surface area contributed by atoms with Crippen LogP contribution in [0.25, 0.3) is 0 Å². The molecule has 26 heavy (non-hydrogen) atoms. The van der Waals surface area contributed by atoms with Gasteiger partial charge in [0.05, 0.1) is 11.1 Å². The van der Waals surface area contributed by atoms with Gasteiger partial charge < -0.3 is 10.6 Å². The average Bonchev–Trinajstić information content (AvgIpc) is 3.34. The summed E-state index contributed by atoms with van der Waals surface area (Å²) in [6.45, 7) is 0. The third kappa shape index (κ3) is 3.23. The summed E-state index contributed by atoms with van der Waals surface area (Å²) >= 11 is 0. The molecule has 0 aliphatic heterocycles. The van der Waals surface area contributed by atoms with Gasteiger partial charge in [0.1, 0.15) is 0 Å².